The standard InChI is InChI=1S/C20H16FN5O4S/c1-12-7-14(21)3-4-17(12)31(28,29)25-15-8-13(9-24-20(15)30-2)16-11-26-18(10-23-16)22-6-5-19(26)27/h3-11,25H,1-2H3. The van der Waals surface area contributed by atoms with Crippen LogP contribution in [0.25, 0.3) is 16.9 Å². The molecular weight excluding hydrogens is 425 g/mol. The van der Waals surface area contributed by atoms with Gasteiger partial charge < -0.3 is 4.74 Å². The molecule has 9 nitrogen and oxygen atoms in total. The van der Waals surface area contributed by atoms with Crippen molar-refractivity contribution in [3.05, 3.63) is 76.9 Å². The first-order valence-corrected chi connectivity index (χ1v) is 10.4. The number of sulfonamides is 1. The third kappa shape index (κ3) is 3.94. The number of hydrogen-bond donors (Lipinski definition) is 1. The molecule has 3 aromatic heterocycles. The lowest BCUT2D eigenvalue weighted by molar-refractivity contribution is 0.400. The van der Waals surface area contributed by atoms with Gasteiger partial charge in [0.1, 0.15) is 11.5 Å². The molecule has 0 aliphatic rings. The van der Waals surface area contributed by atoms with Gasteiger partial charge in [0.2, 0.25) is 5.88 Å². The minimum atomic E-state index is -4.06. The lowest BCUT2D eigenvalue weighted by Gasteiger charge is -2.14. The third-order valence-electron chi connectivity index (χ3n) is 4.49. The summed E-state index contributed by atoms with van der Waals surface area (Å²) in [7, 11) is -2.71. The summed E-state index contributed by atoms with van der Waals surface area (Å²) >= 11 is 0. The maximum absolute atomic E-state index is 13.4. The van der Waals surface area contributed by atoms with Crippen LogP contribution in [0, 0.1) is 12.7 Å². The number of fused-ring (bicyclic) bond motifs is 1. The van der Waals surface area contributed by atoms with Gasteiger partial charge >= 0.3 is 0 Å². The highest BCUT2D eigenvalue weighted by Gasteiger charge is 2.20. The number of rotatable bonds is 5. The highest BCUT2D eigenvalue weighted by Crippen LogP contribution is 2.30. The van der Waals surface area contributed by atoms with Crippen LogP contribution in [-0.4, -0.2) is 34.9 Å². The average Bonchev–Trinajstić information content (AvgIpc) is 2.73. The zero-order chi connectivity index (χ0) is 22.2. The van der Waals surface area contributed by atoms with Crippen LogP contribution in [0.4, 0.5) is 10.1 Å². The van der Waals surface area contributed by atoms with Crippen LogP contribution in [0.2, 0.25) is 0 Å². The molecule has 0 saturated carbocycles. The molecule has 4 aromatic rings. The van der Waals surface area contributed by atoms with Crippen molar-refractivity contribution >= 4 is 21.4 Å². The Morgan fingerprint density at radius 2 is 1.90 bits per heavy atom. The summed E-state index contributed by atoms with van der Waals surface area (Å²) in [6.07, 6.45) is 5.73. The molecule has 0 bridgehead atoms. The molecule has 0 aliphatic carbocycles. The summed E-state index contributed by atoms with van der Waals surface area (Å²) < 4.78 is 48.1. The lowest BCUT2D eigenvalue weighted by Crippen LogP contribution is -2.16. The molecule has 3 heterocycles. The molecule has 31 heavy (non-hydrogen) atoms. The van der Waals surface area contributed by atoms with Crippen LogP contribution in [0.5, 0.6) is 5.88 Å². The van der Waals surface area contributed by atoms with Crippen molar-refractivity contribution in [1.82, 2.24) is 19.4 Å². The van der Waals surface area contributed by atoms with E-state index in [9.17, 15) is 17.6 Å². The van der Waals surface area contributed by atoms with Crippen molar-refractivity contribution in [3.8, 4) is 17.1 Å². The zero-order valence-electron chi connectivity index (χ0n) is 16.4. The number of pyridine rings is 1. The van der Waals surface area contributed by atoms with E-state index in [2.05, 4.69) is 19.7 Å². The van der Waals surface area contributed by atoms with Crippen LogP contribution < -0.4 is 15.0 Å². The summed E-state index contributed by atoms with van der Waals surface area (Å²) in [4.78, 5) is 24.5. The zero-order valence-corrected chi connectivity index (χ0v) is 17.2. The summed E-state index contributed by atoms with van der Waals surface area (Å²) in [6, 6.07) is 6.18. The lowest BCUT2D eigenvalue weighted by atomic mass is 10.2. The Morgan fingerprint density at radius 3 is 2.65 bits per heavy atom. The number of anilines is 1. The molecule has 1 aromatic carbocycles. The molecule has 0 atom stereocenters. The van der Waals surface area contributed by atoms with Gasteiger partial charge in [-0.15, -0.1) is 0 Å². The molecule has 0 saturated heterocycles. The van der Waals surface area contributed by atoms with E-state index in [0.717, 1.165) is 12.1 Å². The van der Waals surface area contributed by atoms with Gasteiger partial charge in [-0.05, 0) is 36.8 Å². The van der Waals surface area contributed by atoms with Crippen molar-refractivity contribution in [2.75, 3.05) is 11.8 Å². The number of hydrogen-bond acceptors (Lipinski definition) is 7. The Labute approximate surface area is 176 Å². The SMILES string of the molecule is COc1ncc(-c2cn3c(=O)ccnc3cn2)cc1NS(=O)(=O)c1ccc(F)cc1C. The molecule has 4 rings (SSSR count). The Hall–Kier alpha value is -3.86. The van der Waals surface area contributed by atoms with E-state index in [1.807, 2.05) is 0 Å². The maximum atomic E-state index is 13.4. The van der Waals surface area contributed by atoms with Crippen molar-refractivity contribution in [2.24, 2.45) is 0 Å². The monoisotopic (exact) mass is 441 g/mol. The Morgan fingerprint density at radius 1 is 1.10 bits per heavy atom. The Balaban J connectivity index is 1.78. The molecule has 0 spiro atoms. The smallest absolute Gasteiger partial charge is 0.262 e. The second kappa shape index (κ2) is 7.76. The predicted molar refractivity (Wildman–Crippen MR) is 111 cm³/mol. The molecule has 11 heteroatoms. The normalized spacial score (nSPS) is 11.5. The fourth-order valence-electron chi connectivity index (χ4n) is 3.03. The van der Waals surface area contributed by atoms with Gasteiger partial charge in [0, 0.05) is 30.2 Å². The maximum Gasteiger partial charge on any atom is 0.262 e. The largest absolute Gasteiger partial charge is 0.480 e. The van der Waals surface area contributed by atoms with Crippen LogP contribution in [-0.2, 0) is 10.0 Å². The quantitative estimate of drug-likeness (QED) is 0.506. The van der Waals surface area contributed by atoms with Gasteiger partial charge in [-0.2, -0.15) is 0 Å². The minimum absolute atomic E-state index is 0.0340. The van der Waals surface area contributed by atoms with Crippen molar-refractivity contribution in [3.63, 3.8) is 0 Å². The van der Waals surface area contributed by atoms with E-state index in [1.54, 1.807) is 0 Å². The number of aryl methyl sites for hydroxylation is 1. The second-order valence-corrected chi connectivity index (χ2v) is 8.23. The number of methoxy groups -OCH3 is 1. The molecule has 1 N–H and O–H groups in total. The van der Waals surface area contributed by atoms with Gasteiger partial charge in [0.05, 0.1) is 23.9 Å². The molecule has 0 amide bonds. The fraction of sp³-hybridized carbons (Fsp3) is 0.100. The summed E-state index contributed by atoms with van der Waals surface area (Å²) in [5, 5.41) is 0. The molecule has 0 fully saturated rings. The first kappa shape index (κ1) is 20.4. The Bertz CT molecular complexity index is 1470. The highest BCUT2D eigenvalue weighted by atomic mass is 32.2. The highest BCUT2D eigenvalue weighted by molar-refractivity contribution is 7.92. The van der Waals surface area contributed by atoms with Crippen LogP contribution in [0.1, 0.15) is 5.56 Å². The number of halogens is 1. The van der Waals surface area contributed by atoms with Crippen LogP contribution >= 0.6 is 0 Å². The fourth-order valence-corrected chi connectivity index (χ4v) is 4.31. The van der Waals surface area contributed by atoms with Gasteiger partial charge in [-0.1, -0.05) is 0 Å². The van der Waals surface area contributed by atoms with E-state index < -0.39 is 15.8 Å². The predicted octanol–water partition coefficient (Wildman–Crippen LogP) is 2.41. The molecule has 0 aliphatic heterocycles. The van der Waals surface area contributed by atoms with Crippen molar-refractivity contribution in [2.45, 2.75) is 11.8 Å². The summed E-state index contributed by atoms with van der Waals surface area (Å²) in [5.74, 6) is -0.503. The molecular formula is C20H16FN5O4S. The van der Waals surface area contributed by atoms with Crippen LogP contribution in [0.3, 0.4) is 0 Å². The van der Waals surface area contributed by atoms with E-state index >= 15 is 0 Å². The number of aromatic nitrogens is 4. The number of benzene rings is 1. The van der Waals surface area contributed by atoms with E-state index in [4.69, 9.17) is 4.74 Å². The number of nitrogens with one attached hydrogen (secondary N) is 1. The number of ether oxygens (including phenoxy) is 1. The summed E-state index contributed by atoms with van der Waals surface area (Å²) in [6.45, 7) is 1.49. The average molecular weight is 441 g/mol. The number of nitrogens with zero attached hydrogens (tertiary/aromatic N) is 4. The molecule has 0 radical (unpaired) electrons. The third-order valence-corrected chi connectivity index (χ3v) is 6.02. The van der Waals surface area contributed by atoms with Crippen molar-refractivity contribution < 1.29 is 17.5 Å². The first-order valence-electron chi connectivity index (χ1n) is 8.95. The molecule has 0 unspecified atom stereocenters. The summed E-state index contributed by atoms with van der Waals surface area (Å²) in [5.41, 5.74) is 1.19. The topological polar surface area (TPSA) is 116 Å². The molecule has 158 valence electrons. The first-order chi connectivity index (χ1) is 14.8. The Kier molecular flexibility index (Phi) is 5.11. The van der Waals surface area contributed by atoms with E-state index in [-0.39, 0.29) is 27.6 Å². The van der Waals surface area contributed by atoms with Gasteiger partial charge in [-0.25, -0.2) is 22.8 Å². The van der Waals surface area contributed by atoms with E-state index in [1.165, 1.54) is 61.4 Å². The van der Waals surface area contributed by atoms with E-state index in [0.29, 0.717) is 16.9 Å². The van der Waals surface area contributed by atoms with Crippen LogP contribution in [0.15, 0.2) is 64.8 Å². The van der Waals surface area contributed by atoms with Gasteiger partial charge in [0.25, 0.3) is 15.6 Å². The van der Waals surface area contributed by atoms with Crippen molar-refractivity contribution in [1.29, 1.82) is 0 Å². The van der Waals surface area contributed by atoms with Gasteiger partial charge in [-0.3, -0.25) is 18.9 Å². The van der Waals surface area contributed by atoms with Gasteiger partial charge in [0.15, 0.2) is 5.65 Å². The minimum Gasteiger partial charge on any atom is -0.480 e. The second-order valence-electron chi connectivity index (χ2n) is 6.58.